The molecule has 0 radical (unpaired) electrons. The molecule has 1 fully saturated rings. The molecule has 0 aromatic carbocycles. The second kappa shape index (κ2) is 3.97. The molecule has 0 N–H and O–H groups in total. The van der Waals surface area contributed by atoms with Gasteiger partial charge in [-0.25, -0.2) is 4.98 Å². The van der Waals surface area contributed by atoms with Crippen molar-refractivity contribution in [2.45, 2.75) is 53.0 Å². The number of carbonyl (C=O) groups is 1. The van der Waals surface area contributed by atoms with Gasteiger partial charge < -0.3 is 4.57 Å². The van der Waals surface area contributed by atoms with Gasteiger partial charge in [-0.3, -0.25) is 4.79 Å². The molecule has 0 aliphatic heterocycles. The molecule has 1 heterocycles. The van der Waals surface area contributed by atoms with E-state index in [-0.39, 0.29) is 0 Å². The van der Waals surface area contributed by atoms with Crippen LogP contribution in [0, 0.1) is 10.8 Å². The van der Waals surface area contributed by atoms with E-state index in [4.69, 9.17) is 0 Å². The second-order valence-electron chi connectivity index (χ2n) is 6.91. The van der Waals surface area contributed by atoms with E-state index in [2.05, 4.69) is 37.2 Å². The smallest absolute Gasteiger partial charge is 0.168 e. The molecule has 1 saturated carbocycles. The van der Waals surface area contributed by atoms with Gasteiger partial charge in [0.2, 0.25) is 0 Å². The molecule has 0 amide bonds. The molecule has 1 aliphatic carbocycles. The lowest BCUT2D eigenvalue weighted by Crippen LogP contribution is -2.35. The van der Waals surface area contributed by atoms with Crippen LogP contribution in [0.4, 0.5) is 0 Å². The highest BCUT2D eigenvalue weighted by atomic mass is 16.1. The Labute approximate surface area is 103 Å². The number of aromatic nitrogens is 2. The maximum Gasteiger partial charge on any atom is 0.168 e. The maximum atomic E-state index is 11.0. The fraction of sp³-hybridized carbons (Fsp3) is 0.714. The molecule has 1 aromatic heterocycles. The maximum absolute atomic E-state index is 11.0. The molecule has 17 heavy (non-hydrogen) atoms. The molecule has 1 aliphatic rings. The zero-order valence-electron chi connectivity index (χ0n) is 11.2. The van der Waals surface area contributed by atoms with Crippen molar-refractivity contribution in [2.24, 2.45) is 10.8 Å². The van der Waals surface area contributed by atoms with Gasteiger partial charge in [-0.2, -0.15) is 0 Å². The predicted molar refractivity (Wildman–Crippen MR) is 68.1 cm³/mol. The van der Waals surface area contributed by atoms with Gasteiger partial charge in [-0.15, -0.1) is 0 Å². The third kappa shape index (κ3) is 2.59. The predicted octanol–water partition coefficient (Wildman–Crippen LogP) is 3.47. The third-order valence-electron chi connectivity index (χ3n) is 3.74. The molecule has 2 rings (SSSR count). The van der Waals surface area contributed by atoms with Gasteiger partial charge >= 0.3 is 0 Å². The molecular formula is C14H22N2O. The summed E-state index contributed by atoms with van der Waals surface area (Å²) < 4.78 is 2.05. The highest BCUT2D eigenvalue weighted by Gasteiger charge is 2.39. The number of rotatable bonds is 2. The molecular weight excluding hydrogens is 212 g/mol. The summed E-state index contributed by atoms with van der Waals surface area (Å²) in [7, 11) is 0. The van der Waals surface area contributed by atoms with Crippen molar-refractivity contribution in [3.05, 3.63) is 18.2 Å². The van der Waals surface area contributed by atoms with E-state index in [0.717, 1.165) is 19.1 Å². The van der Waals surface area contributed by atoms with Crippen LogP contribution in [0.15, 0.2) is 12.5 Å². The highest BCUT2D eigenvalue weighted by Crippen LogP contribution is 2.50. The molecule has 94 valence electrons. The summed E-state index contributed by atoms with van der Waals surface area (Å²) in [6.07, 6.45) is 7.83. The Hall–Kier alpha value is -1.12. The van der Waals surface area contributed by atoms with Crippen LogP contribution < -0.4 is 0 Å². The summed E-state index contributed by atoms with van der Waals surface area (Å²) in [5, 5.41) is 0. The zero-order chi connectivity index (χ0) is 12.7. The Bertz CT molecular complexity index is 402. The Morgan fingerprint density at radius 3 is 2.41 bits per heavy atom. The topological polar surface area (TPSA) is 34.9 Å². The van der Waals surface area contributed by atoms with Crippen LogP contribution in [-0.2, 0) is 0 Å². The van der Waals surface area contributed by atoms with E-state index in [1.807, 2.05) is 0 Å². The van der Waals surface area contributed by atoms with E-state index in [1.54, 1.807) is 12.5 Å². The third-order valence-corrected chi connectivity index (χ3v) is 3.74. The largest absolute Gasteiger partial charge is 0.325 e. The molecule has 3 heteroatoms. The van der Waals surface area contributed by atoms with Gasteiger partial charge in [-0.05, 0) is 30.1 Å². The molecule has 3 nitrogen and oxygen atoms in total. The van der Waals surface area contributed by atoms with Crippen LogP contribution in [0.5, 0.6) is 0 Å². The number of carbonyl (C=O) groups excluding carboxylic acids is 1. The van der Waals surface area contributed by atoms with Gasteiger partial charge in [0.05, 0.1) is 12.5 Å². The van der Waals surface area contributed by atoms with Crippen molar-refractivity contribution in [2.75, 3.05) is 0 Å². The quantitative estimate of drug-likeness (QED) is 0.734. The Morgan fingerprint density at radius 2 is 1.88 bits per heavy atom. The fourth-order valence-electron chi connectivity index (χ4n) is 3.70. The fourth-order valence-corrected chi connectivity index (χ4v) is 3.70. The number of hydrogen-bond donors (Lipinski definition) is 0. The monoisotopic (exact) mass is 234 g/mol. The molecule has 0 saturated heterocycles. The first kappa shape index (κ1) is 12.3. The van der Waals surface area contributed by atoms with Crippen molar-refractivity contribution >= 4 is 6.29 Å². The van der Waals surface area contributed by atoms with Crippen molar-refractivity contribution in [3.8, 4) is 0 Å². The van der Waals surface area contributed by atoms with Gasteiger partial charge in [0.1, 0.15) is 5.69 Å². The van der Waals surface area contributed by atoms with Gasteiger partial charge in [0.25, 0.3) is 0 Å². The molecule has 0 bridgehead atoms. The molecule has 0 unspecified atom stereocenters. The van der Waals surface area contributed by atoms with Crippen molar-refractivity contribution in [1.29, 1.82) is 0 Å². The number of imidazole rings is 1. The summed E-state index contributed by atoms with van der Waals surface area (Å²) in [6, 6.07) is 0.399. The summed E-state index contributed by atoms with van der Waals surface area (Å²) in [5.41, 5.74) is 1.36. The Balaban J connectivity index is 2.30. The van der Waals surface area contributed by atoms with E-state index in [1.165, 1.54) is 6.42 Å². The van der Waals surface area contributed by atoms with Gasteiger partial charge in [0.15, 0.2) is 6.29 Å². The average molecular weight is 234 g/mol. The lowest BCUT2D eigenvalue weighted by Gasteiger charge is -2.45. The molecule has 1 aromatic rings. The molecule has 0 spiro atoms. The minimum Gasteiger partial charge on any atom is -0.325 e. The van der Waals surface area contributed by atoms with Crippen molar-refractivity contribution in [3.63, 3.8) is 0 Å². The number of nitrogens with zero attached hydrogens (tertiary/aromatic N) is 2. The summed E-state index contributed by atoms with van der Waals surface area (Å²) in [6.45, 7) is 9.27. The van der Waals surface area contributed by atoms with Crippen LogP contribution in [0.1, 0.15) is 63.5 Å². The first-order valence-electron chi connectivity index (χ1n) is 6.30. The lowest BCUT2D eigenvalue weighted by molar-refractivity contribution is 0.0707. The van der Waals surface area contributed by atoms with E-state index < -0.39 is 0 Å². The summed E-state index contributed by atoms with van der Waals surface area (Å²) in [4.78, 5) is 15.1. The van der Waals surface area contributed by atoms with Gasteiger partial charge in [-0.1, -0.05) is 27.7 Å². The summed E-state index contributed by atoms with van der Waals surface area (Å²) >= 11 is 0. The van der Waals surface area contributed by atoms with Gasteiger partial charge in [0, 0.05) is 6.04 Å². The average Bonchev–Trinajstić information content (AvgIpc) is 2.59. The van der Waals surface area contributed by atoms with Crippen LogP contribution >= 0.6 is 0 Å². The zero-order valence-corrected chi connectivity index (χ0v) is 11.2. The van der Waals surface area contributed by atoms with E-state index in [0.29, 0.717) is 22.6 Å². The minimum atomic E-state index is 0.330. The Kier molecular flexibility index (Phi) is 2.88. The first-order valence-corrected chi connectivity index (χ1v) is 6.30. The summed E-state index contributed by atoms with van der Waals surface area (Å²) in [5.74, 6) is 0. The number of hydrogen-bond acceptors (Lipinski definition) is 2. The van der Waals surface area contributed by atoms with Crippen LogP contribution in [-0.4, -0.2) is 15.8 Å². The lowest BCUT2D eigenvalue weighted by atomic mass is 9.63. The highest BCUT2D eigenvalue weighted by molar-refractivity contribution is 5.71. The van der Waals surface area contributed by atoms with E-state index >= 15 is 0 Å². The normalized spacial score (nSPS) is 23.5. The van der Waals surface area contributed by atoms with Crippen molar-refractivity contribution < 1.29 is 4.79 Å². The standard InChI is InChI=1S/C14H22N2O/c1-13(2)5-11(6-14(3,4)9-13)16-10-15-7-12(16)8-17/h7-8,10-11H,5-6,9H2,1-4H3. The van der Waals surface area contributed by atoms with Crippen LogP contribution in [0.25, 0.3) is 0 Å². The first-order chi connectivity index (χ1) is 7.83. The van der Waals surface area contributed by atoms with Crippen LogP contribution in [0.3, 0.4) is 0 Å². The van der Waals surface area contributed by atoms with Crippen LogP contribution in [0.2, 0.25) is 0 Å². The second-order valence-corrected chi connectivity index (χ2v) is 6.91. The minimum absolute atomic E-state index is 0.330. The number of aldehydes is 1. The SMILES string of the molecule is CC1(C)CC(n2cncc2C=O)CC(C)(C)C1. The van der Waals surface area contributed by atoms with E-state index in [9.17, 15) is 4.79 Å². The molecule has 0 atom stereocenters. The Morgan fingerprint density at radius 1 is 1.29 bits per heavy atom. The van der Waals surface area contributed by atoms with Crippen molar-refractivity contribution in [1.82, 2.24) is 9.55 Å².